The number of aromatic nitrogens is 4. The summed E-state index contributed by atoms with van der Waals surface area (Å²) in [7, 11) is 0. The van der Waals surface area contributed by atoms with Crippen LogP contribution in [0.25, 0.3) is 5.95 Å². The molecule has 1 aliphatic rings. The monoisotopic (exact) mass is 315 g/mol. The number of hydrogen-bond acceptors (Lipinski definition) is 6. The second kappa shape index (κ2) is 6.36. The van der Waals surface area contributed by atoms with E-state index in [0.29, 0.717) is 23.9 Å². The van der Waals surface area contributed by atoms with Gasteiger partial charge in [-0.15, -0.1) is 0 Å². The Morgan fingerprint density at radius 2 is 2.04 bits per heavy atom. The lowest BCUT2D eigenvalue weighted by atomic mass is 10.3. The van der Waals surface area contributed by atoms with Crippen molar-refractivity contribution in [1.82, 2.24) is 19.7 Å². The molecule has 3 rings (SSSR count). The van der Waals surface area contributed by atoms with E-state index >= 15 is 0 Å². The molecule has 0 unspecified atom stereocenters. The first-order valence-corrected chi connectivity index (χ1v) is 7.93. The van der Waals surface area contributed by atoms with Gasteiger partial charge in [0.2, 0.25) is 0 Å². The summed E-state index contributed by atoms with van der Waals surface area (Å²) < 4.78 is 6.83. The normalized spacial score (nSPS) is 14.3. The van der Waals surface area contributed by atoms with Crippen molar-refractivity contribution in [3.63, 3.8) is 0 Å². The average molecular weight is 315 g/mol. The fraction of sp³-hybridized carbons (Fsp3) is 0.500. The van der Waals surface area contributed by atoms with Gasteiger partial charge < -0.3 is 9.64 Å². The number of carbonyl (C=O) groups is 1. The van der Waals surface area contributed by atoms with E-state index in [1.165, 1.54) is 0 Å². The molecule has 0 bridgehead atoms. The minimum atomic E-state index is -0.380. The molecule has 0 spiro atoms. The van der Waals surface area contributed by atoms with Crippen molar-refractivity contribution in [3.05, 3.63) is 29.2 Å². The van der Waals surface area contributed by atoms with Gasteiger partial charge in [-0.25, -0.2) is 14.5 Å². The molecule has 122 valence electrons. The van der Waals surface area contributed by atoms with Crippen molar-refractivity contribution in [2.24, 2.45) is 0 Å². The highest BCUT2D eigenvalue weighted by Crippen LogP contribution is 2.24. The topological polar surface area (TPSA) is 73.1 Å². The summed E-state index contributed by atoms with van der Waals surface area (Å²) >= 11 is 0. The number of ether oxygens (including phenoxy) is 1. The van der Waals surface area contributed by atoms with E-state index in [4.69, 9.17) is 4.74 Å². The minimum absolute atomic E-state index is 0.331. The largest absolute Gasteiger partial charge is 0.462 e. The highest BCUT2D eigenvalue weighted by molar-refractivity contribution is 5.94. The summed E-state index contributed by atoms with van der Waals surface area (Å²) in [5, 5.41) is 4.42. The van der Waals surface area contributed by atoms with Gasteiger partial charge >= 0.3 is 5.97 Å². The molecule has 0 aromatic carbocycles. The van der Waals surface area contributed by atoms with Gasteiger partial charge in [0.15, 0.2) is 0 Å². The van der Waals surface area contributed by atoms with Crippen LogP contribution in [0.1, 0.15) is 41.5 Å². The molecular weight excluding hydrogens is 294 g/mol. The third-order valence-corrected chi connectivity index (χ3v) is 3.86. The fourth-order valence-electron chi connectivity index (χ4n) is 2.82. The van der Waals surface area contributed by atoms with Crippen molar-refractivity contribution in [1.29, 1.82) is 0 Å². The molecule has 7 heteroatoms. The first-order valence-electron chi connectivity index (χ1n) is 7.93. The Hall–Kier alpha value is -2.44. The zero-order valence-electron chi connectivity index (χ0n) is 13.7. The van der Waals surface area contributed by atoms with E-state index in [1.807, 2.05) is 19.9 Å². The van der Waals surface area contributed by atoms with Crippen molar-refractivity contribution >= 4 is 11.8 Å². The van der Waals surface area contributed by atoms with Crippen LogP contribution in [0.5, 0.6) is 0 Å². The van der Waals surface area contributed by atoms with Crippen LogP contribution in [-0.4, -0.2) is 45.4 Å². The van der Waals surface area contributed by atoms with Crippen molar-refractivity contribution in [2.75, 3.05) is 24.6 Å². The Morgan fingerprint density at radius 1 is 1.30 bits per heavy atom. The van der Waals surface area contributed by atoms with Crippen LogP contribution in [0.4, 0.5) is 5.82 Å². The second-order valence-corrected chi connectivity index (χ2v) is 5.66. The Balaban J connectivity index is 2.05. The maximum Gasteiger partial charge on any atom is 0.343 e. The molecule has 2 aromatic heterocycles. The van der Waals surface area contributed by atoms with E-state index < -0.39 is 0 Å². The lowest BCUT2D eigenvalue weighted by molar-refractivity contribution is 0.0526. The quantitative estimate of drug-likeness (QED) is 0.804. The smallest absolute Gasteiger partial charge is 0.343 e. The summed E-state index contributed by atoms with van der Waals surface area (Å²) in [5.74, 6) is 0.735. The molecular formula is C16H21N5O2. The molecule has 0 aliphatic carbocycles. The number of aryl methyl sites for hydroxylation is 2. The van der Waals surface area contributed by atoms with Gasteiger partial charge in [0.25, 0.3) is 5.95 Å². The molecule has 0 saturated carbocycles. The van der Waals surface area contributed by atoms with Crippen molar-refractivity contribution < 1.29 is 9.53 Å². The molecule has 0 atom stereocenters. The Labute approximate surface area is 135 Å². The summed E-state index contributed by atoms with van der Waals surface area (Å²) in [6.07, 6.45) is 3.74. The van der Waals surface area contributed by atoms with E-state index in [-0.39, 0.29) is 5.97 Å². The molecule has 0 N–H and O–H groups in total. The summed E-state index contributed by atoms with van der Waals surface area (Å²) in [6, 6.07) is 1.97. The zero-order valence-corrected chi connectivity index (χ0v) is 13.7. The summed E-state index contributed by atoms with van der Waals surface area (Å²) in [4.78, 5) is 23.2. The molecule has 1 fully saturated rings. The first-order chi connectivity index (χ1) is 11.1. The third kappa shape index (κ3) is 3.04. The molecule has 1 saturated heterocycles. The fourth-order valence-corrected chi connectivity index (χ4v) is 2.82. The molecule has 1 aliphatic heterocycles. The molecule has 2 aromatic rings. The molecule has 0 amide bonds. The number of hydrogen-bond donors (Lipinski definition) is 0. The van der Waals surface area contributed by atoms with E-state index in [0.717, 1.165) is 37.3 Å². The zero-order chi connectivity index (χ0) is 16.4. The van der Waals surface area contributed by atoms with Gasteiger partial charge in [-0.3, -0.25) is 0 Å². The van der Waals surface area contributed by atoms with Crippen LogP contribution in [0, 0.1) is 13.8 Å². The summed E-state index contributed by atoms with van der Waals surface area (Å²) in [6.45, 7) is 7.78. The first kappa shape index (κ1) is 15.5. The van der Waals surface area contributed by atoms with Crippen LogP contribution in [0.3, 0.4) is 0 Å². The van der Waals surface area contributed by atoms with E-state index in [1.54, 1.807) is 17.8 Å². The van der Waals surface area contributed by atoms with Crippen molar-refractivity contribution in [3.8, 4) is 5.95 Å². The van der Waals surface area contributed by atoms with Crippen LogP contribution >= 0.6 is 0 Å². The number of carbonyl (C=O) groups excluding carboxylic acids is 1. The maximum atomic E-state index is 12.2. The highest BCUT2D eigenvalue weighted by Gasteiger charge is 2.24. The van der Waals surface area contributed by atoms with Gasteiger partial charge in [-0.1, -0.05) is 0 Å². The number of nitrogens with zero attached hydrogens (tertiary/aromatic N) is 5. The number of anilines is 1. The van der Waals surface area contributed by atoms with Crippen LogP contribution in [0.15, 0.2) is 12.3 Å². The molecule has 3 heterocycles. The summed E-state index contributed by atoms with van der Waals surface area (Å²) in [5.41, 5.74) is 2.28. The van der Waals surface area contributed by atoms with Gasteiger partial charge in [0.05, 0.1) is 12.3 Å². The lowest BCUT2D eigenvalue weighted by Crippen LogP contribution is -2.24. The highest BCUT2D eigenvalue weighted by atomic mass is 16.5. The maximum absolute atomic E-state index is 12.2. The molecule has 23 heavy (non-hydrogen) atoms. The SMILES string of the molecule is CCOC(=O)c1cnc(-n2nc(C)cc2C)nc1N1CCCC1. The number of esters is 1. The third-order valence-electron chi connectivity index (χ3n) is 3.86. The molecule has 7 nitrogen and oxygen atoms in total. The van der Waals surface area contributed by atoms with E-state index in [2.05, 4.69) is 20.0 Å². The lowest BCUT2D eigenvalue weighted by Gasteiger charge is -2.19. The predicted octanol–water partition coefficient (Wildman–Crippen LogP) is 2.06. The number of rotatable bonds is 4. The standard InChI is InChI=1S/C16H21N5O2/c1-4-23-15(22)13-10-17-16(21-12(3)9-11(2)19-21)18-14(13)20-7-5-6-8-20/h9-10H,4-8H2,1-3H3. The predicted molar refractivity (Wildman–Crippen MR) is 86.0 cm³/mol. The van der Waals surface area contributed by atoms with Gasteiger partial charge in [0, 0.05) is 25.0 Å². The average Bonchev–Trinajstić information content (AvgIpc) is 3.16. The second-order valence-electron chi connectivity index (χ2n) is 5.66. The molecule has 0 radical (unpaired) electrons. The minimum Gasteiger partial charge on any atom is -0.462 e. The Morgan fingerprint density at radius 3 is 2.65 bits per heavy atom. The van der Waals surface area contributed by atoms with Gasteiger partial charge in [0.1, 0.15) is 11.4 Å². The van der Waals surface area contributed by atoms with E-state index in [9.17, 15) is 4.79 Å². The Kier molecular flexibility index (Phi) is 4.27. The van der Waals surface area contributed by atoms with Crippen LogP contribution < -0.4 is 4.90 Å². The van der Waals surface area contributed by atoms with Gasteiger partial charge in [-0.2, -0.15) is 10.1 Å². The van der Waals surface area contributed by atoms with Gasteiger partial charge in [-0.05, 0) is 39.7 Å². The van der Waals surface area contributed by atoms with Crippen LogP contribution in [-0.2, 0) is 4.74 Å². The Bertz CT molecular complexity index is 719. The van der Waals surface area contributed by atoms with Crippen LogP contribution in [0.2, 0.25) is 0 Å². The van der Waals surface area contributed by atoms with Crippen molar-refractivity contribution in [2.45, 2.75) is 33.6 Å².